The third kappa shape index (κ3) is 3.03. The molecule has 0 bridgehead atoms. The number of hydrogen-bond donors (Lipinski definition) is 2. The van der Waals surface area contributed by atoms with Crippen molar-refractivity contribution < 1.29 is 5.11 Å². The van der Waals surface area contributed by atoms with E-state index in [9.17, 15) is 5.11 Å². The molecular weight excluding hydrogens is 338 g/mol. The lowest BCUT2D eigenvalue weighted by molar-refractivity contribution is 0.0449. The zero-order valence-corrected chi connectivity index (χ0v) is 15.9. The number of thiophene rings is 1. The lowest BCUT2D eigenvalue weighted by Crippen LogP contribution is -2.42. The van der Waals surface area contributed by atoms with Crippen LogP contribution in [0.2, 0.25) is 0 Å². The third-order valence-corrected chi connectivity index (χ3v) is 6.18. The maximum atomic E-state index is 11.3. The smallest absolute Gasteiger partial charge is 0.0851 e. The second kappa shape index (κ2) is 6.84. The number of hydrogen-bond acceptors (Lipinski definition) is 3. The van der Waals surface area contributed by atoms with Crippen molar-refractivity contribution in [3.63, 3.8) is 0 Å². The molecule has 2 N–H and O–H groups in total. The van der Waals surface area contributed by atoms with Gasteiger partial charge in [-0.1, -0.05) is 54.6 Å². The molecule has 0 fully saturated rings. The minimum atomic E-state index is -0.893. The molecule has 1 aromatic heterocycles. The Hall–Kier alpha value is -2.20. The Morgan fingerprint density at radius 3 is 2.35 bits per heavy atom. The van der Waals surface area contributed by atoms with Crippen molar-refractivity contribution in [3.05, 3.63) is 83.9 Å². The van der Waals surface area contributed by atoms with Gasteiger partial charge in [0.25, 0.3) is 0 Å². The third-order valence-electron chi connectivity index (χ3n) is 5.02. The molecular formula is C23H23NOS. The van der Waals surface area contributed by atoms with Gasteiger partial charge in [-0.3, -0.25) is 0 Å². The average molecular weight is 362 g/mol. The lowest BCUT2D eigenvalue weighted by Gasteiger charge is -2.34. The molecule has 2 nitrogen and oxygen atoms in total. The lowest BCUT2D eigenvalue weighted by atomic mass is 9.78. The molecule has 0 spiro atoms. The van der Waals surface area contributed by atoms with E-state index in [4.69, 9.17) is 0 Å². The zero-order valence-electron chi connectivity index (χ0n) is 15.1. The fourth-order valence-corrected chi connectivity index (χ4v) is 5.03. The van der Waals surface area contributed by atoms with Gasteiger partial charge in [-0.15, -0.1) is 11.3 Å². The first-order valence-corrected chi connectivity index (χ1v) is 9.75. The van der Waals surface area contributed by atoms with Crippen molar-refractivity contribution in [2.45, 2.75) is 18.4 Å². The molecule has 0 saturated heterocycles. The van der Waals surface area contributed by atoms with Gasteiger partial charge in [-0.2, -0.15) is 0 Å². The largest absolute Gasteiger partial charge is 0.388 e. The van der Waals surface area contributed by atoms with Crippen molar-refractivity contribution in [2.75, 3.05) is 13.6 Å². The van der Waals surface area contributed by atoms with Crippen molar-refractivity contribution in [2.24, 2.45) is 0 Å². The molecule has 0 saturated carbocycles. The summed E-state index contributed by atoms with van der Waals surface area (Å²) in [7, 11) is 1.88. The molecule has 26 heavy (non-hydrogen) atoms. The summed E-state index contributed by atoms with van der Waals surface area (Å²) in [6.07, 6.45) is 0. The molecule has 0 aliphatic carbocycles. The van der Waals surface area contributed by atoms with Crippen LogP contribution < -0.4 is 5.32 Å². The van der Waals surface area contributed by atoms with Gasteiger partial charge in [-0.25, -0.2) is 0 Å². The normalized spacial score (nSPS) is 15.2. The van der Waals surface area contributed by atoms with Gasteiger partial charge in [0.2, 0.25) is 0 Å². The number of likely N-dealkylation sites (N-methyl/N-ethyl adjacent to an activating group) is 1. The first-order valence-electron chi connectivity index (χ1n) is 8.93. The molecule has 3 heteroatoms. The molecule has 4 rings (SSSR count). The second-order valence-corrected chi connectivity index (χ2v) is 8.17. The summed E-state index contributed by atoms with van der Waals surface area (Å²) in [5.41, 5.74) is 1.38. The summed E-state index contributed by atoms with van der Waals surface area (Å²) in [4.78, 5) is 0. The minimum absolute atomic E-state index is 0.0980. The number of benzene rings is 3. The summed E-state index contributed by atoms with van der Waals surface area (Å²) >= 11 is 1.82. The highest BCUT2D eigenvalue weighted by molar-refractivity contribution is 7.25. The van der Waals surface area contributed by atoms with E-state index in [-0.39, 0.29) is 5.92 Å². The summed E-state index contributed by atoms with van der Waals surface area (Å²) in [6, 6.07) is 25.4. The fourth-order valence-electron chi connectivity index (χ4n) is 3.94. The van der Waals surface area contributed by atoms with E-state index in [1.54, 1.807) is 0 Å². The van der Waals surface area contributed by atoms with Crippen LogP contribution in [0.15, 0.2) is 72.8 Å². The summed E-state index contributed by atoms with van der Waals surface area (Å²) in [6.45, 7) is 2.44. The summed E-state index contributed by atoms with van der Waals surface area (Å²) in [5.74, 6) is -0.0980. The monoisotopic (exact) mass is 361 g/mol. The maximum absolute atomic E-state index is 11.3. The molecule has 0 radical (unpaired) electrons. The zero-order chi connectivity index (χ0) is 18.1. The van der Waals surface area contributed by atoms with Gasteiger partial charge >= 0.3 is 0 Å². The Morgan fingerprint density at radius 1 is 0.885 bits per heavy atom. The maximum Gasteiger partial charge on any atom is 0.0851 e. The first-order chi connectivity index (χ1) is 12.6. The molecule has 3 aromatic carbocycles. The Bertz CT molecular complexity index is 1040. The Kier molecular flexibility index (Phi) is 4.53. The van der Waals surface area contributed by atoms with Gasteiger partial charge in [0.15, 0.2) is 0 Å². The van der Waals surface area contributed by atoms with Crippen LogP contribution in [-0.2, 0) is 0 Å². The van der Waals surface area contributed by atoms with Gasteiger partial charge in [0, 0.05) is 32.6 Å². The van der Waals surface area contributed by atoms with Gasteiger partial charge in [0.1, 0.15) is 0 Å². The molecule has 4 aromatic rings. The van der Waals surface area contributed by atoms with E-state index >= 15 is 0 Å². The van der Waals surface area contributed by atoms with Gasteiger partial charge in [0.05, 0.1) is 5.60 Å². The van der Waals surface area contributed by atoms with Crippen LogP contribution in [-0.4, -0.2) is 24.3 Å². The van der Waals surface area contributed by atoms with Crippen LogP contribution in [0.25, 0.3) is 20.2 Å². The number of rotatable bonds is 5. The molecule has 0 aliphatic rings. The van der Waals surface area contributed by atoms with Crippen molar-refractivity contribution in [3.8, 4) is 0 Å². The standard InChI is InChI=1S/C23H23NOS/c1-23(25,15-24-2)22(16-8-4-3-5-9-16)17-12-13-21-19(14-17)18-10-6-7-11-20(18)26-21/h3-14,22,24-25H,15H2,1-2H3. The first kappa shape index (κ1) is 17.2. The molecule has 0 amide bonds. The highest BCUT2D eigenvalue weighted by atomic mass is 32.1. The number of aliphatic hydroxyl groups is 1. The molecule has 2 unspecified atom stereocenters. The van der Waals surface area contributed by atoms with E-state index in [1.807, 2.05) is 43.5 Å². The summed E-state index contributed by atoms with van der Waals surface area (Å²) in [5, 5.41) is 17.0. The van der Waals surface area contributed by atoms with E-state index in [0.29, 0.717) is 6.54 Å². The van der Waals surface area contributed by atoms with E-state index in [1.165, 1.54) is 20.2 Å². The Balaban J connectivity index is 1.91. The second-order valence-electron chi connectivity index (χ2n) is 7.09. The number of nitrogens with one attached hydrogen (secondary N) is 1. The minimum Gasteiger partial charge on any atom is -0.388 e. The van der Waals surface area contributed by atoms with E-state index in [2.05, 4.69) is 59.9 Å². The summed E-state index contributed by atoms with van der Waals surface area (Å²) < 4.78 is 2.59. The van der Waals surface area contributed by atoms with Gasteiger partial charge < -0.3 is 10.4 Å². The van der Waals surface area contributed by atoms with Crippen molar-refractivity contribution in [1.29, 1.82) is 0 Å². The quantitative estimate of drug-likeness (QED) is 0.515. The molecule has 1 heterocycles. The molecule has 0 aliphatic heterocycles. The predicted octanol–water partition coefficient (Wildman–Crippen LogP) is 5.16. The van der Waals surface area contributed by atoms with Crippen LogP contribution in [0.4, 0.5) is 0 Å². The molecule has 132 valence electrons. The Labute approximate surface area is 158 Å². The molecule has 2 atom stereocenters. The Morgan fingerprint density at radius 2 is 1.58 bits per heavy atom. The highest BCUT2D eigenvalue weighted by Gasteiger charge is 2.34. The van der Waals surface area contributed by atoms with Crippen LogP contribution in [0, 0.1) is 0 Å². The van der Waals surface area contributed by atoms with Crippen molar-refractivity contribution >= 4 is 31.5 Å². The van der Waals surface area contributed by atoms with Crippen LogP contribution >= 0.6 is 11.3 Å². The van der Waals surface area contributed by atoms with Gasteiger partial charge in [-0.05, 0) is 43.3 Å². The van der Waals surface area contributed by atoms with E-state index < -0.39 is 5.60 Å². The fraction of sp³-hybridized carbons (Fsp3) is 0.217. The average Bonchev–Trinajstić information content (AvgIpc) is 3.01. The van der Waals surface area contributed by atoms with Crippen molar-refractivity contribution in [1.82, 2.24) is 5.32 Å². The van der Waals surface area contributed by atoms with Crippen LogP contribution in [0.5, 0.6) is 0 Å². The highest BCUT2D eigenvalue weighted by Crippen LogP contribution is 2.39. The van der Waals surface area contributed by atoms with Crippen LogP contribution in [0.3, 0.4) is 0 Å². The van der Waals surface area contributed by atoms with E-state index in [0.717, 1.165) is 11.1 Å². The SMILES string of the molecule is CNCC(C)(O)C(c1ccccc1)c1ccc2sc3ccccc3c2c1. The predicted molar refractivity (Wildman–Crippen MR) is 112 cm³/mol. The number of fused-ring (bicyclic) bond motifs is 3. The topological polar surface area (TPSA) is 32.3 Å². The van der Waals surface area contributed by atoms with Crippen LogP contribution in [0.1, 0.15) is 24.0 Å².